The average molecular weight is 307 g/mol. The fourth-order valence-corrected chi connectivity index (χ4v) is 3.18. The number of hydrogen-bond donors (Lipinski definition) is 1. The molecule has 2 heterocycles. The van der Waals surface area contributed by atoms with Crippen molar-refractivity contribution in [3.63, 3.8) is 0 Å². The molecular formula is C8H11BrN4O2S. The van der Waals surface area contributed by atoms with Crippen LogP contribution in [0.5, 0.6) is 0 Å². The predicted molar refractivity (Wildman–Crippen MR) is 65.0 cm³/mol. The minimum atomic E-state index is -2.88. The Morgan fingerprint density at radius 3 is 2.56 bits per heavy atom. The van der Waals surface area contributed by atoms with Crippen molar-refractivity contribution < 1.29 is 8.42 Å². The summed E-state index contributed by atoms with van der Waals surface area (Å²) in [6.07, 6.45) is 1.37. The summed E-state index contributed by atoms with van der Waals surface area (Å²) >= 11 is 3.30. The van der Waals surface area contributed by atoms with E-state index in [0.29, 0.717) is 29.2 Å². The monoisotopic (exact) mass is 306 g/mol. The first-order valence-corrected chi connectivity index (χ1v) is 7.32. The molecule has 8 heteroatoms. The molecule has 0 aromatic carbocycles. The van der Waals surface area contributed by atoms with Gasteiger partial charge in [0.15, 0.2) is 9.84 Å². The van der Waals surface area contributed by atoms with Crippen LogP contribution in [-0.4, -0.2) is 43.0 Å². The molecule has 16 heavy (non-hydrogen) atoms. The fraction of sp³-hybridized carbons (Fsp3) is 0.500. The van der Waals surface area contributed by atoms with Crippen molar-refractivity contribution in [3.05, 3.63) is 10.8 Å². The van der Waals surface area contributed by atoms with Gasteiger partial charge in [0.05, 0.1) is 11.5 Å². The van der Waals surface area contributed by atoms with Crippen LogP contribution in [0.4, 0.5) is 11.6 Å². The lowest BCUT2D eigenvalue weighted by molar-refractivity contribution is 0.586. The Morgan fingerprint density at radius 2 is 1.94 bits per heavy atom. The summed E-state index contributed by atoms with van der Waals surface area (Å²) in [6.45, 7) is 0.884. The second-order valence-corrected chi connectivity index (χ2v) is 6.63. The smallest absolute Gasteiger partial charge is 0.153 e. The number of halogens is 1. The Labute approximate surface area is 102 Å². The highest BCUT2D eigenvalue weighted by molar-refractivity contribution is 9.10. The summed E-state index contributed by atoms with van der Waals surface area (Å²) in [5, 5.41) is 0. The van der Waals surface area contributed by atoms with Crippen LogP contribution in [0.25, 0.3) is 0 Å². The van der Waals surface area contributed by atoms with Crippen molar-refractivity contribution in [2.45, 2.75) is 0 Å². The maximum atomic E-state index is 11.3. The molecule has 2 N–H and O–H groups in total. The van der Waals surface area contributed by atoms with Crippen molar-refractivity contribution in [1.29, 1.82) is 0 Å². The molecule has 0 aliphatic carbocycles. The first-order chi connectivity index (χ1) is 7.49. The lowest BCUT2D eigenvalue weighted by Crippen LogP contribution is -2.41. The number of nitrogens with zero attached hydrogens (tertiary/aromatic N) is 3. The fourth-order valence-electron chi connectivity index (χ4n) is 1.52. The maximum absolute atomic E-state index is 11.3. The van der Waals surface area contributed by atoms with E-state index >= 15 is 0 Å². The summed E-state index contributed by atoms with van der Waals surface area (Å²) in [5.74, 6) is 1.33. The van der Waals surface area contributed by atoms with Crippen molar-refractivity contribution in [2.75, 3.05) is 35.2 Å². The van der Waals surface area contributed by atoms with Crippen molar-refractivity contribution in [2.24, 2.45) is 0 Å². The molecule has 0 amide bonds. The zero-order valence-electron chi connectivity index (χ0n) is 8.43. The van der Waals surface area contributed by atoms with E-state index in [0.717, 1.165) is 0 Å². The van der Waals surface area contributed by atoms with Crippen LogP contribution in [0.15, 0.2) is 10.8 Å². The Kier molecular flexibility index (Phi) is 3.02. The van der Waals surface area contributed by atoms with Crippen LogP contribution in [0.3, 0.4) is 0 Å². The van der Waals surface area contributed by atoms with Gasteiger partial charge in [-0.1, -0.05) is 0 Å². The third kappa shape index (κ3) is 2.27. The standard InChI is InChI=1S/C8H11BrN4O2S/c9-6-7(10)11-5-12-8(6)13-1-3-16(14,15)4-2-13/h5H,1-4H2,(H2,10,11,12). The van der Waals surface area contributed by atoms with E-state index < -0.39 is 9.84 Å². The van der Waals surface area contributed by atoms with Gasteiger partial charge in [-0.3, -0.25) is 0 Å². The Balaban J connectivity index is 2.24. The second-order valence-electron chi connectivity index (χ2n) is 3.54. The number of rotatable bonds is 1. The lowest BCUT2D eigenvalue weighted by Gasteiger charge is -2.28. The molecule has 0 unspecified atom stereocenters. The third-order valence-electron chi connectivity index (χ3n) is 2.44. The number of aromatic nitrogens is 2. The van der Waals surface area contributed by atoms with E-state index in [1.54, 1.807) is 0 Å². The number of hydrogen-bond acceptors (Lipinski definition) is 6. The number of sulfone groups is 1. The van der Waals surface area contributed by atoms with Crippen molar-refractivity contribution in [1.82, 2.24) is 9.97 Å². The topological polar surface area (TPSA) is 89.2 Å². The minimum absolute atomic E-state index is 0.156. The molecule has 1 aliphatic rings. The van der Waals surface area contributed by atoms with Gasteiger partial charge in [-0.25, -0.2) is 18.4 Å². The normalized spacial score (nSPS) is 19.7. The second kappa shape index (κ2) is 4.17. The Morgan fingerprint density at radius 1 is 1.31 bits per heavy atom. The van der Waals surface area contributed by atoms with Crippen LogP contribution in [0, 0.1) is 0 Å². The van der Waals surface area contributed by atoms with E-state index in [1.807, 2.05) is 4.90 Å². The predicted octanol–water partition coefficient (Wildman–Crippen LogP) is 0.0561. The van der Waals surface area contributed by atoms with Gasteiger partial charge < -0.3 is 10.6 Å². The van der Waals surface area contributed by atoms with E-state index in [-0.39, 0.29) is 11.5 Å². The van der Waals surface area contributed by atoms with Gasteiger partial charge in [0.2, 0.25) is 0 Å². The SMILES string of the molecule is Nc1ncnc(N2CCS(=O)(=O)CC2)c1Br. The molecule has 1 aliphatic heterocycles. The molecule has 0 saturated carbocycles. The summed E-state index contributed by atoms with van der Waals surface area (Å²) in [7, 11) is -2.88. The average Bonchev–Trinajstić information content (AvgIpc) is 2.23. The molecule has 0 spiro atoms. The van der Waals surface area contributed by atoms with Gasteiger partial charge in [-0.2, -0.15) is 0 Å². The van der Waals surface area contributed by atoms with Crippen LogP contribution >= 0.6 is 15.9 Å². The van der Waals surface area contributed by atoms with Gasteiger partial charge in [-0.05, 0) is 15.9 Å². The molecule has 1 saturated heterocycles. The van der Waals surface area contributed by atoms with Crippen LogP contribution in [-0.2, 0) is 9.84 Å². The zero-order chi connectivity index (χ0) is 11.8. The first-order valence-electron chi connectivity index (χ1n) is 4.71. The highest BCUT2D eigenvalue weighted by Crippen LogP contribution is 2.28. The summed E-state index contributed by atoms with van der Waals surface area (Å²) in [4.78, 5) is 9.83. The highest BCUT2D eigenvalue weighted by atomic mass is 79.9. The summed E-state index contributed by atoms with van der Waals surface area (Å²) < 4.78 is 23.2. The highest BCUT2D eigenvalue weighted by Gasteiger charge is 2.24. The molecular weight excluding hydrogens is 296 g/mol. The quantitative estimate of drug-likeness (QED) is 0.789. The molecule has 1 aromatic rings. The Bertz CT molecular complexity index is 491. The summed E-state index contributed by atoms with van der Waals surface area (Å²) in [6, 6.07) is 0. The van der Waals surface area contributed by atoms with Gasteiger partial charge in [-0.15, -0.1) is 0 Å². The maximum Gasteiger partial charge on any atom is 0.153 e. The number of anilines is 2. The molecule has 0 bridgehead atoms. The van der Waals surface area contributed by atoms with Crippen LogP contribution in [0.2, 0.25) is 0 Å². The minimum Gasteiger partial charge on any atom is -0.383 e. The van der Waals surface area contributed by atoms with Crippen LogP contribution in [0.1, 0.15) is 0 Å². The first kappa shape index (κ1) is 11.6. The summed E-state index contributed by atoms with van der Waals surface area (Å²) in [5.41, 5.74) is 5.64. The molecule has 0 radical (unpaired) electrons. The van der Waals surface area contributed by atoms with Crippen molar-refractivity contribution in [3.8, 4) is 0 Å². The van der Waals surface area contributed by atoms with Crippen molar-refractivity contribution >= 4 is 37.4 Å². The van der Waals surface area contributed by atoms with E-state index in [2.05, 4.69) is 25.9 Å². The van der Waals surface area contributed by atoms with E-state index in [4.69, 9.17) is 5.73 Å². The molecule has 1 fully saturated rings. The van der Waals surface area contributed by atoms with Gasteiger partial charge in [0.1, 0.15) is 22.4 Å². The van der Waals surface area contributed by atoms with E-state index in [9.17, 15) is 8.42 Å². The van der Waals surface area contributed by atoms with E-state index in [1.165, 1.54) is 6.33 Å². The molecule has 88 valence electrons. The van der Waals surface area contributed by atoms with Gasteiger partial charge in [0, 0.05) is 13.1 Å². The number of nitrogens with two attached hydrogens (primary N) is 1. The molecule has 2 rings (SSSR count). The van der Waals surface area contributed by atoms with Crippen LogP contribution < -0.4 is 10.6 Å². The lowest BCUT2D eigenvalue weighted by atomic mass is 10.4. The molecule has 1 aromatic heterocycles. The third-order valence-corrected chi connectivity index (χ3v) is 4.81. The molecule has 6 nitrogen and oxygen atoms in total. The zero-order valence-corrected chi connectivity index (χ0v) is 10.8. The van der Waals surface area contributed by atoms with Gasteiger partial charge >= 0.3 is 0 Å². The molecule has 0 atom stereocenters. The number of nitrogen functional groups attached to an aromatic ring is 1. The largest absolute Gasteiger partial charge is 0.383 e. The van der Waals surface area contributed by atoms with Gasteiger partial charge in [0.25, 0.3) is 0 Å². The Hall–Kier alpha value is -0.890.